The van der Waals surface area contributed by atoms with Crippen molar-refractivity contribution in [1.82, 2.24) is 5.32 Å². The highest BCUT2D eigenvalue weighted by atomic mass is 19.1. The Kier molecular flexibility index (Phi) is 4.48. The first-order valence-corrected chi connectivity index (χ1v) is 5.85. The van der Waals surface area contributed by atoms with E-state index in [4.69, 9.17) is 0 Å². The average molecular weight is 223 g/mol. The third-order valence-electron chi connectivity index (χ3n) is 2.46. The lowest BCUT2D eigenvalue weighted by Crippen LogP contribution is -2.35. The van der Waals surface area contributed by atoms with Gasteiger partial charge in [0.15, 0.2) is 0 Å². The van der Waals surface area contributed by atoms with Gasteiger partial charge in [0.25, 0.3) is 0 Å². The summed E-state index contributed by atoms with van der Waals surface area (Å²) in [6, 6.07) is 7.29. The van der Waals surface area contributed by atoms with Gasteiger partial charge in [0, 0.05) is 12.6 Å². The van der Waals surface area contributed by atoms with Crippen LogP contribution in [0.1, 0.15) is 33.3 Å². The fraction of sp³-hybridized carbons (Fsp3) is 0.571. The molecule has 0 saturated heterocycles. The second-order valence-corrected chi connectivity index (χ2v) is 5.64. The molecule has 0 bridgehead atoms. The molecule has 0 aliphatic heterocycles. The van der Waals surface area contributed by atoms with Crippen molar-refractivity contribution in [3.05, 3.63) is 35.6 Å². The van der Waals surface area contributed by atoms with Gasteiger partial charge in [0.2, 0.25) is 0 Å². The molecule has 0 heterocycles. The molecule has 1 N–H and O–H groups in total. The summed E-state index contributed by atoms with van der Waals surface area (Å²) in [5.41, 5.74) is 1.06. The molecule has 0 aliphatic carbocycles. The van der Waals surface area contributed by atoms with Crippen LogP contribution in [0.25, 0.3) is 0 Å². The van der Waals surface area contributed by atoms with Crippen LogP contribution in [0, 0.1) is 11.2 Å². The predicted octanol–water partition coefficient (Wildman–Crippen LogP) is 3.39. The first-order chi connectivity index (χ1) is 7.38. The van der Waals surface area contributed by atoms with Gasteiger partial charge in [0.05, 0.1) is 0 Å². The van der Waals surface area contributed by atoms with Crippen LogP contribution < -0.4 is 5.32 Å². The zero-order valence-corrected chi connectivity index (χ0v) is 10.7. The Hall–Kier alpha value is -0.890. The lowest BCUT2D eigenvalue weighted by Gasteiger charge is -2.22. The van der Waals surface area contributed by atoms with E-state index in [1.54, 1.807) is 6.07 Å². The van der Waals surface area contributed by atoms with Crippen LogP contribution in [0.5, 0.6) is 0 Å². The van der Waals surface area contributed by atoms with Gasteiger partial charge in [-0.05, 0) is 30.4 Å². The number of nitrogens with one attached hydrogen (secondary N) is 1. The lowest BCUT2D eigenvalue weighted by molar-refractivity contribution is 0.355. The molecule has 0 aliphatic rings. The smallest absolute Gasteiger partial charge is 0.126 e. The van der Waals surface area contributed by atoms with Crippen molar-refractivity contribution in [3.8, 4) is 0 Å². The van der Waals surface area contributed by atoms with Crippen LogP contribution in [0.4, 0.5) is 4.39 Å². The molecule has 1 aromatic rings. The summed E-state index contributed by atoms with van der Waals surface area (Å²) in [6.45, 7) is 9.61. The SMILES string of the molecule is CC(Cc1ccccc1F)NCC(C)(C)C. The molecule has 0 spiro atoms. The third kappa shape index (κ3) is 4.75. The monoisotopic (exact) mass is 223 g/mol. The molecule has 0 aromatic heterocycles. The third-order valence-corrected chi connectivity index (χ3v) is 2.46. The van der Waals surface area contributed by atoms with E-state index in [-0.39, 0.29) is 11.2 Å². The topological polar surface area (TPSA) is 12.0 Å². The highest BCUT2D eigenvalue weighted by molar-refractivity contribution is 5.18. The van der Waals surface area contributed by atoms with Crippen LogP contribution in [-0.4, -0.2) is 12.6 Å². The first-order valence-electron chi connectivity index (χ1n) is 5.85. The molecule has 1 rings (SSSR count). The first kappa shape index (κ1) is 13.2. The summed E-state index contributed by atoms with van der Waals surface area (Å²) < 4.78 is 13.4. The largest absolute Gasteiger partial charge is 0.313 e. The maximum Gasteiger partial charge on any atom is 0.126 e. The number of hydrogen-bond acceptors (Lipinski definition) is 1. The Labute approximate surface area is 98.1 Å². The second-order valence-electron chi connectivity index (χ2n) is 5.64. The van der Waals surface area contributed by atoms with E-state index >= 15 is 0 Å². The van der Waals surface area contributed by atoms with Crippen molar-refractivity contribution in [2.24, 2.45) is 5.41 Å². The Morgan fingerprint density at radius 3 is 2.44 bits per heavy atom. The van der Waals surface area contributed by atoms with Gasteiger partial charge in [-0.1, -0.05) is 39.0 Å². The Morgan fingerprint density at radius 2 is 1.88 bits per heavy atom. The molecule has 0 amide bonds. The predicted molar refractivity (Wildman–Crippen MR) is 67.0 cm³/mol. The fourth-order valence-electron chi connectivity index (χ4n) is 1.55. The van der Waals surface area contributed by atoms with Crippen LogP contribution in [0.15, 0.2) is 24.3 Å². The quantitative estimate of drug-likeness (QED) is 0.825. The molecular formula is C14H22FN. The van der Waals surface area contributed by atoms with E-state index in [9.17, 15) is 4.39 Å². The maximum absolute atomic E-state index is 13.4. The van der Waals surface area contributed by atoms with Crippen molar-refractivity contribution in [2.45, 2.75) is 40.2 Å². The zero-order valence-electron chi connectivity index (χ0n) is 10.7. The van der Waals surface area contributed by atoms with Gasteiger partial charge in [-0.2, -0.15) is 0 Å². The van der Waals surface area contributed by atoms with Gasteiger partial charge in [0.1, 0.15) is 5.82 Å². The minimum Gasteiger partial charge on any atom is -0.313 e. The molecule has 0 radical (unpaired) electrons. The van der Waals surface area contributed by atoms with Crippen LogP contribution >= 0.6 is 0 Å². The summed E-state index contributed by atoms with van der Waals surface area (Å²) in [5.74, 6) is -0.105. The second kappa shape index (κ2) is 5.44. The number of halogens is 1. The molecule has 1 nitrogen and oxygen atoms in total. The molecule has 2 heteroatoms. The van der Waals surface area contributed by atoms with Gasteiger partial charge < -0.3 is 5.32 Å². The van der Waals surface area contributed by atoms with E-state index in [0.29, 0.717) is 6.04 Å². The van der Waals surface area contributed by atoms with Crippen molar-refractivity contribution in [1.29, 1.82) is 0 Å². The molecule has 0 fully saturated rings. The van der Waals surface area contributed by atoms with Crippen molar-refractivity contribution >= 4 is 0 Å². The summed E-state index contributed by atoms with van der Waals surface area (Å²) >= 11 is 0. The average Bonchev–Trinajstić information content (AvgIpc) is 2.18. The van der Waals surface area contributed by atoms with Crippen LogP contribution in [0.3, 0.4) is 0 Å². The van der Waals surface area contributed by atoms with Crippen LogP contribution in [0.2, 0.25) is 0 Å². The van der Waals surface area contributed by atoms with Crippen molar-refractivity contribution < 1.29 is 4.39 Å². The molecule has 90 valence electrons. The number of rotatable bonds is 4. The van der Waals surface area contributed by atoms with E-state index in [1.807, 2.05) is 12.1 Å². The Bertz CT molecular complexity index is 328. The van der Waals surface area contributed by atoms with Gasteiger partial charge in [-0.25, -0.2) is 4.39 Å². The molecule has 16 heavy (non-hydrogen) atoms. The standard InChI is InChI=1S/C14H22FN/c1-11(16-10-14(2,3)4)9-12-7-5-6-8-13(12)15/h5-8,11,16H,9-10H2,1-4H3. The van der Waals surface area contributed by atoms with E-state index in [1.165, 1.54) is 6.07 Å². The van der Waals surface area contributed by atoms with E-state index in [2.05, 4.69) is 33.0 Å². The molecular weight excluding hydrogens is 201 g/mol. The number of hydrogen-bond donors (Lipinski definition) is 1. The minimum atomic E-state index is -0.105. The highest BCUT2D eigenvalue weighted by Gasteiger charge is 2.12. The molecule has 0 saturated carbocycles. The van der Waals surface area contributed by atoms with Crippen LogP contribution in [-0.2, 0) is 6.42 Å². The normalized spacial score (nSPS) is 13.8. The summed E-state index contributed by atoms with van der Waals surface area (Å²) in [6.07, 6.45) is 0.739. The maximum atomic E-state index is 13.4. The fourth-order valence-corrected chi connectivity index (χ4v) is 1.55. The summed E-state index contributed by atoms with van der Waals surface area (Å²) in [5, 5.41) is 3.43. The summed E-state index contributed by atoms with van der Waals surface area (Å²) in [4.78, 5) is 0. The van der Waals surface area contributed by atoms with E-state index in [0.717, 1.165) is 18.5 Å². The number of benzene rings is 1. The zero-order chi connectivity index (χ0) is 12.2. The van der Waals surface area contributed by atoms with E-state index < -0.39 is 0 Å². The Morgan fingerprint density at radius 1 is 1.25 bits per heavy atom. The van der Waals surface area contributed by atoms with Gasteiger partial charge in [-0.15, -0.1) is 0 Å². The van der Waals surface area contributed by atoms with Crippen molar-refractivity contribution in [3.63, 3.8) is 0 Å². The molecule has 1 atom stereocenters. The summed E-state index contributed by atoms with van der Waals surface area (Å²) in [7, 11) is 0. The van der Waals surface area contributed by atoms with Gasteiger partial charge >= 0.3 is 0 Å². The molecule has 1 aromatic carbocycles. The van der Waals surface area contributed by atoms with Gasteiger partial charge in [-0.3, -0.25) is 0 Å². The highest BCUT2D eigenvalue weighted by Crippen LogP contribution is 2.13. The minimum absolute atomic E-state index is 0.105. The Balaban J connectivity index is 2.46. The molecule has 1 unspecified atom stereocenters. The lowest BCUT2D eigenvalue weighted by atomic mass is 9.96. The van der Waals surface area contributed by atoms with Crippen molar-refractivity contribution in [2.75, 3.05) is 6.54 Å².